The molecule has 102 valence electrons. The quantitative estimate of drug-likeness (QED) is 0.798. The molecule has 1 nitrogen and oxygen atoms in total. The Morgan fingerprint density at radius 1 is 1.39 bits per heavy atom. The summed E-state index contributed by atoms with van der Waals surface area (Å²) in [5, 5.41) is 0.259. The van der Waals surface area contributed by atoms with Crippen molar-refractivity contribution >= 4 is 24.0 Å². The Morgan fingerprint density at radius 2 is 2.00 bits per heavy atom. The minimum Gasteiger partial charge on any atom is -0.324 e. The molecule has 1 rings (SSSR count). The van der Waals surface area contributed by atoms with Gasteiger partial charge in [-0.1, -0.05) is 17.7 Å². The number of hydrogen-bond acceptors (Lipinski definition) is 1. The van der Waals surface area contributed by atoms with Gasteiger partial charge in [-0.15, -0.1) is 19.0 Å². The van der Waals surface area contributed by atoms with Crippen molar-refractivity contribution in [2.75, 3.05) is 0 Å². The third-order valence-electron chi connectivity index (χ3n) is 2.40. The average molecular weight is 300 g/mol. The molecule has 0 unspecified atom stereocenters. The Hall–Kier alpha value is -0.710. The molecule has 1 aromatic carbocycles. The zero-order chi connectivity index (χ0) is 13.1. The number of alkyl halides is 3. The van der Waals surface area contributed by atoms with Gasteiger partial charge in [0.05, 0.1) is 5.56 Å². The van der Waals surface area contributed by atoms with Gasteiger partial charge in [0, 0.05) is 11.1 Å². The molecule has 0 aliphatic rings. The molecule has 0 aliphatic carbocycles. The van der Waals surface area contributed by atoms with Crippen LogP contribution in [-0.4, -0.2) is 0 Å². The highest BCUT2D eigenvalue weighted by molar-refractivity contribution is 6.31. The van der Waals surface area contributed by atoms with Gasteiger partial charge >= 0.3 is 6.18 Å². The highest BCUT2D eigenvalue weighted by Crippen LogP contribution is 2.34. The van der Waals surface area contributed by atoms with Gasteiger partial charge < -0.3 is 5.73 Å². The Morgan fingerprint density at radius 3 is 2.50 bits per heavy atom. The first-order chi connectivity index (χ1) is 7.86. The van der Waals surface area contributed by atoms with Crippen LogP contribution < -0.4 is 5.73 Å². The lowest BCUT2D eigenvalue weighted by Crippen LogP contribution is -2.13. The third-order valence-corrected chi connectivity index (χ3v) is 2.75. The summed E-state index contributed by atoms with van der Waals surface area (Å²) in [6.07, 6.45) is -1.56. The summed E-state index contributed by atoms with van der Waals surface area (Å²) in [7, 11) is 0. The molecule has 1 aromatic rings. The van der Waals surface area contributed by atoms with Crippen molar-refractivity contribution in [2.24, 2.45) is 5.73 Å². The highest BCUT2D eigenvalue weighted by atomic mass is 35.5. The van der Waals surface area contributed by atoms with Crippen molar-refractivity contribution in [3.05, 3.63) is 47.0 Å². The van der Waals surface area contributed by atoms with Crippen LogP contribution in [0.25, 0.3) is 0 Å². The molecular formula is C12H14Cl2F3N. The van der Waals surface area contributed by atoms with E-state index in [9.17, 15) is 13.2 Å². The zero-order valence-corrected chi connectivity index (χ0v) is 11.1. The maximum atomic E-state index is 12.5. The molecule has 0 saturated carbocycles. The van der Waals surface area contributed by atoms with E-state index in [1.54, 1.807) is 6.08 Å². The van der Waals surface area contributed by atoms with E-state index < -0.39 is 17.8 Å². The van der Waals surface area contributed by atoms with Crippen LogP contribution in [0.3, 0.4) is 0 Å². The molecule has 6 heteroatoms. The molecule has 0 amide bonds. The Balaban J connectivity index is 0.00000289. The van der Waals surface area contributed by atoms with Gasteiger partial charge in [-0.2, -0.15) is 13.2 Å². The second kappa shape index (κ2) is 7.02. The van der Waals surface area contributed by atoms with E-state index in [1.165, 1.54) is 6.07 Å². The number of halogens is 5. The predicted octanol–water partition coefficient (Wildman–Crippen LogP) is 4.75. The molecular weight excluding hydrogens is 286 g/mol. The first-order valence-electron chi connectivity index (χ1n) is 5.09. The summed E-state index contributed by atoms with van der Waals surface area (Å²) < 4.78 is 37.5. The van der Waals surface area contributed by atoms with E-state index in [0.717, 1.165) is 12.1 Å². The molecule has 0 spiro atoms. The van der Waals surface area contributed by atoms with Gasteiger partial charge in [0.1, 0.15) is 0 Å². The van der Waals surface area contributed by atoms with E-state index in [2.05, 4.69) is 6.58 Å². The molecule has 0 heterocycles. The van der Waals surface area contributed by atoms with Gasteiger partial charge in [-0.3, -0.25) is 0 Å². The number of nitrogens with two attached hydrogens (primary N) is 1. The van der Waals surface area contributed by atoms with Gasteiger partial charge in [0.15, 0.2) is 0 Å². The van der Waals surface area contributed by atoms with E-state index >= 15 is 0 Å². The van der Waals surface area contributed by atoms with Crippen LogP contribution in [0.15, 0.2) is 30.9 Å². The monoisotopic (exact) mass is 299 g/mol. The summed E-state index contributed by atoms with van der Waals surface area (Å²) in [6.45, 7) is 3.54. The molecule has 18 heavy (non-hydrogen) atoms. The second-order valence-electron chi connectivity index (χ2n) is 3.71. The first-order valence-corrected chi connectivity index (χ1v) is 5.47. The lowest BCUT2D eigenvalue weighted by molar-refractivity contribution is -0.137. The number of benzene rings is 1. The maximum Gasteiger partial charge on any atom is 0.416 e. The van der Waals surface area contributed by atoms with Crippen LogP contribution in [0.2, 0.25) is 5.02 Å². The van der Waals surface area contributed by atoms with Crippen molar-refractivity contribution < 1.29 is 13.2 Å². The first kappa shape index (κ1) is 17.3. The number of rotatable bonds is 4. The maximum absolute atomic E-state index is 12.5. The van der Waals surface area contributed by atoms with Gasteiger partial charge in [-0.05, 0) is 36.6 Å². The predicted molar refractivity (Wildman–Crippen MR) is 70.1 cm³/mol. The molecule has 0 aromatic heterocycles. The Bertz CT molecular complexity index is 405. The minimum atomic E-state index is -4.38. The number of hydrogen-bond donors (Lipinski definition) is 1. The fourth-order valence-electron chi connectivity index (χ4n) is 1.46. The van der Waals surface area contributed by atoms with Crippen LogP contribution in [0.1, 0.15) is 30.0 Å². The van der Waals surface area contributed by atoms with E-state index in [0.29, 0.717) is 18.4 Å². The van der Waals surface area contributed by atoms with Crippen LogP contribution in [0.5, 0.6) is 0 Å². The normalized spacial score (nSPS) is 12.7. The van der Waals surface area contributed by atoms with E-state index in [1.807, 2.05) is 0 Å². The summed E-state index contributed by atoms with van der Waals surface area (Å²) in [6, 6.07) is 2.68. The van der Waals surface area contributed by atoms with E-state index in [4.69, 9.17) is 17.3 Å². The topological polar surface area (TPSA) is 26.0 Å². The zero-order valence-electron chi connectivity index (χ0n) is 9.51. The Kier molecular flexibility index (Phi) is 6.74. The molecule has 0 bridgehead atoms. The SMILES string of the molecule is C=CCC[C@@H](N)c1cc(C(F)(F)F)ccc1Cl.Cl. The number of allylic oxidation sites excluding steroid dienone is 1. The van der Waals surface area contributed by atoms with Crippen LogP contribution in [-0.2, 0) is 6.18 Å². The van der Waals surface area contributed by atoms with Crippen molar-refractivity contribution in [3.63, 3.8) is 0 Å². The van der Waals surface area contributed by atoms with Gasteiger partial charge in [0.25, 0.3) is 0 Å². The van der Waals surface area contributed by atoms with Crippen molar-refractivity contribution in [1.82, 2.24) is 0 Å². The van der Waals surface area contributed by atoms with Gasteiger partial charge in [-0.25, -0.2) is 0 Å². The van der Waals surface area contributed by atoms with E-state index in [-0.39, 0.29) is 17.4 Å². The average Bonchev–Trinajstić information content (AvgIpc) is 2.24. The molecule has 0 radical (unpaired) electrons. The molecule has 0 fully saturated rings. The smallest absolute Gasteiger partial charge is 0.324 e. The molecule has 1 atom stereocenters. The highest BCUT2D eigenvalue weighted by Gasteiger charge is 2.31. The van der Waals surface area contributed by atoms with Crippen molar-refractivity contribution in [3.8, 4) is 0 Å². The third kappa shape index (κ3) is 4.52. The van der Waals surface area contributed by atoms with Crippen molar-refractivity contribution in [2.45, 2.75) is 25.1 Å². The minimum absolute atomic E-state index is 0. The summed E-state index contributed by atoms with van der Waals surface area (Å²) in [5.74, 6) is 0. The standard InChI is InChI=1S/C12H13ClF3N.ClH/c1-2-3-4-11(17)9-7-8(12(14,15)16)5-6-10(9)13;/h2,5-7,11H,1,3-4,17H2;1H/t11-;/m1./s1. The lowest BCUT2D eigenvalue weighted by Gasteiger charge is -2.15. The van der Waals surface area contributed by atoms with Crippen LogP contribution in [0.4, 0.5) is 13.2 Å². The van der Waals surface area contributed by atoms with Gasteiger partial charge in [0.2, 0.25) is 0 Å². The lowest BCUT2D eigenvalue weighted by atomic mass is 10.0. The van der Waals surface area contributed by atoms with Crippen LogP contribution >= 0.6 is 24.0 Å². The summed E-state index contributed by atoms with van der Waals surface area (Å²) in [5.41, 5.74) is 5.39. The fraction of sp³-hybridized carbons (Fsp3) is 0.333. The Labute approximate surface area is 115 Å². The molecule has 0 saturated heterocycles. The molecule has 0 aliphatic heterocycles. The van der Waals surface area contributed by atoms with Crippen LogP contribution in [0, 0.1) is 0 Å². The fourth-order valence-corrected chi connectivity index (χ4v) is 1.71. The molecule has 2 N–H and O–H groups in total. The largest absolute Gasteiger partial charge is 0.416 e. The summed E-state index contributed by atoms with van der Waals surface area (Å²) >= 11 is 5.85. The summed E-state index contributed by atoms with van der Waals surface area (Å²) in [4.78, 5) is 0. The second-order valence-corrected chi connectivity index (χ2v) is 4.11. The van der Waals surface area contributed by atoms with Crippen molar-refractivity contribution in [1.29, 1.82) is 0 Å².